The van der Waals surface area contributed by atoms with Crippen molar-refractivity contribution in [1.29, 1.82) is 0 Å². The zero-order valence-electron chi connectivity index (χ0n) is 8.64. The largest absolute Gasteiger partial charge is 0.382 e. The maximum atomic E-state index is 10.0. The van der Waals surface area contributed by atoms with Gasteiger partial charge in [0.2, 0.25) is 0 Å². The lowest BCUT2D eigenvalue weighted by Crippen LogP contribution is -2.00. The van der Waals surface area contributed by atoms with E-state index >= 15 is 0 Å². The Labute approximate surface area is 92.7 Å². The zero-order chi connectivity index (χ0) is 10.8. The smallest absolute Gasteiger partial charge is 0.124 e. The van der Waals surface area contributed by atoms with Crippen LogP contribution in [0, 0.1) is 13.8 Å². The second-order valence-corrected chi connectivity index (χ2v) is 4.21. The highest BCUT2D eigenvalue weighted by molar-refractivity contribution is 6.99. The average Bonchev–Trinajstić information content (AvgIpc) is 2.67. The molecule has 1 N–H and O–H groups in total. The molecule has 2 aromatic rings. The lowest BCUT2D eigenvalue weighted by atomic mass is 10.0. The van der Waals surface area contributed by atoms with E-state index in [9.17, 15) is 5.11 Å². The van der Waals surface area contributed by atoms with Gasteiger partial charge in [-0.25, -0.2) is 0 Å². The van der Waals surface area contributed by atoms with Gasteiger partial charge in [0.05, 0.1) is 17.9 Å². The van der Waals surface area contributed by atoms with E-state index in [0.29, 0.717) is 5.69 Å². The van der Waals surface area contributed by atoms with Crippen molar-refractivity contribution in [2.75, 3.05) is 0 Å². The van der Waals surface area contributed by atoms with Crippen LogP contribution in [-0.4, -0.2) is 13.9 Å². The fraction of sp³-hybridized carbons (Fsp3) is 0.273. The molecule has 4 heteroatoms. The van der Waals surface area contributed by atoms with Crippen LogP contribution in [0.5, 0.6) is 0 Å². The number of aliphatic hydroxyl groups is 1. The molecule has 0 radical (unpaired) electrons. The van der Waals surface area contributed by atoms with Crippen LogP contribution in [0.4, 0.5) is 0 Å². The molecule has 0 fully saturated rings. The number of aryl methyl sites for hydroxylation is 2. The van der Waals surface area contributed by atoms with Gasteiger partial charge in [-0.15, -0.1) is 0 Å². The molecule has 0 spiro atoms. The summed E-state index contributed by atoms with van der Waals surface area (Å²) in [6.45, 7) is 4.03. The van der Waals surface area contributed by atoms with Crippen molar-refractivity contribution >= 4 is 11.7 Å². The lowest BCUT2D eigenvalue weighted by molar-refractivity contribution is 0.216. The Hall–Kier alpha value is -1.26. The lowest BCUT2D eigenvalue weighted by Gasteiger charge is -2.09. The van der Waals surface area contributed by atoms with Gasteiger partial charge in [0, 0.05) is 0 Å². The molecule has 0 aliphatic rings. The zero-order valence-corrected chi connectivity index (χ0v) is 9.45. The molecule has 1 aromatic heterocycles. The first kappa shape index (κ1) is 10.3. The predicted octanol–water partition coefficient (Wildman–Crippen LogP) is 2.24. The normalized spacial score (nSPS) is 12.7. The van der Waals surface area contributed by atoms with Gasteiger partial charge in [-0.3, -0.25) is 0 Å². The summed E-state index contributed by atoms with van der Waals surface area (Å²) in [7, 11) is 0. The maximum Gasteiger partial charge on any atom is 0.124 e. The van der Waals surface area contributed by atoms with E-state index in [4.69, 9.17) is 0 Å². The monoisotopic (exact) mass is 220 g/mol. The molecule has 15 heavy (non-hydrogen) atoms. The fourth-order valence-electron chi connectivity index (χ4n) is 1.63. The molecule has 2 rings (SSSR count). The van der Waals surface area contributed by atoms with Crippen LogP contribution in [-0.2, 0) is 0 Å². The van der Waals surface area contributed by atoms with E-state index in [1.54, 1.807) is 6.20 Å². The first-order valence-electron chi connectivity index (χ1n) is 4.70. The first-order chi connectivity index (χ1) is 7.16. The van der Waals surface area contributed by atoms with Crippen molar-refractivity contribution < 1.29 is 5.11 Å². The van der Waals surface area contributed by atoms with Crippen LogP contribution in [0.2, 0.25) is 0 Å². The average molecular weight is 220 g/mol. The Morgan fingerprint density at radius 1 is 1.20 bits per heavy atom. The Morgan fingerprint density at radius 3 is 2.40 bits per heavy atom. The van der Waals surface area contributed by atoms with Gasteiger partial charge in [-0.2, -0.15) is 8.75 Å². The molecule has 0 saturated heterocycles. The third-order valence-corrected chi connectivity index (χ3v) is 2.71. The molecule has 1 unspecified atom stereocenters. The summed E-state index contributed by atoms with van der Waals surface area (Å²) in [6.07, 6.45) is 0.940. The standard InChI is InChI=1S/C11H12N2OS/c1-7-3-8(2)5-9(4-7)11(14)10-6-12-15-13-10/h3-6,11,14H,1-2H3. The van der Waals surface area contributed by atoms with E-state index in [2.05, 4.69) is 14.8 Å². The Kier molecular flexibility index (Phi) is 2.79. The van der Waals surface area contributed by atoms with Crippen molar-refractivity contribution in [3.63, 3.8) is 0 Å². The summed E-state index contributed by atoms with van der Waals surface area (Å²) < 4.78 is 7.92. The Balaban J connectivity index is 2.37. The molecule has 1 heterocycles. The predicted molar refractivity (Wildman–Crippen MR) is 59.9 cm³/mol. The van der Waals surface area contributed by atoms with Gasteiger partial charge in [0.25, 0.3) is 0 Å². The van der Waals surface area contributed by atoms with E-state index in [-0.39, 0.29) is 0 Å². The van der Waals surface area contributed by atoms with Crippen LogP contribution < -0.4 is 0 Å². The molecular formula is C11H12N2OS. The maximum absolute atomic E-state index is 10.0. The Morgan fingerprint density at radius 2 is 1.87 bits per heavy atom. The molecule has 0 aliphatic carbocycles. The summed E-state index contributed by atoms with van der Waals surface area (Å²) in [6, 6.07) is 6.02. The van der Waals surface area contributed by atoms with E-state index in [1.807, 2.05) is 26.0 Å². The quantitative estimate of drug-likeness (QED) is 0.844. The molecule has 78 valence electrons. The minimum absolute atomic E-state index is 0.616. The molecule has 0 amide bonds. The van der Waals surface area contributed by atoms with E-state index < -0.39 is 6.10 Å². The van der Waals surface area contributed by atoms with Crippen molar-refractivity contribution in [3.05, 3.63) is 46.8 Å². The van der Waals surface area contributed by atoms with Crippen LogP contribution in [0.3, 0.4) is 0 Å². The fourth-order valence-corrected chi connectivity index (χ4v) is 2.07. The molecule has 0 aliphatic heterocycles. The number of aromatic nitrogens is 2. The summed E-state index contributed by atoms with van der Waals surface area (Å²) in [5, 5.41) is 10.0. The van der Waals surface area contributed by atoms with E-state index in [1.165, 1.54) is 0 Å². The second-order valence-electron chi connectivity index (χ2n) is 3.66. The van der Waals surface area contributed by atoms with Gasteiger partial charge in [-0.05, 0) is 19.4 Å². The number of aliphatic hydroxyl groups excluding tert-OH is 1. The SMILES string of the molecule is Cc1cc(C)cc(C(O)c2cnsn2)c1. The topological polar surface area (TPSA) is 46.0 Å². The Bertz CT molecular complexity index is 433. The number of rotatable bonds is 2. The highest BCUT2D eigenvalue weighted by Crippen LogP contribution is 2.22. The molecule has 1 aromatic carbocycles. The van der Waals surface area contributed by atoms with E-state index in [0.717, 1.165) is 28.4 Å². The van der Waals surface area contributed by atoms with Crippen LogP contribution in [0.25, 0.3) is 0 Å². The first-order valence-corrected chi connectivity index (χ1v) is 5.43. The summed E-state index contributed by atoms with van der Waals surface area (Å²) in [4.78, 5) is 0. The van der Waals surface area contributed by atoms with Gasteiger partial charge in [0.15, 0.2) is 0 Å². The minimum Gasteiger partial charge on any atom is -0.382 e. The summed E-state index contributed by atoms with van der Waals surface area (Å²) >= 11 is 1.11. The summed E-state index contributed by atoms with van der Waals surface area (Å²) in [5.74, 6) is 0. The summed E-state index contributed by atoms with van der Waals surface area (Å²) in [5.41, 5.74) is 3.78. The molecular weight excluding hydrogens is 208 g/mol. The van der Waals surface area contributed by atoms with Crippen molar-refractivity contribution in [1.82, 2.24) is 8.75 Å². The van der Waals surface area contributed by atoms with Gasteiger partial charge >= 0.3 is 0 Å². The third kappa shape index (κ3) is 2.22. The van der Waals surface area contributed by atoms with Crippen molar-refractivity contribution in [2.24, 2.45) is 0 Å². The van der Waals surface area contributed by atoms with Crippen LogP contribution in [0.15, 0.2) is 24.4 Å². The van der Waals surface area contributed by atoms with Gasteiger partial charge in [-0.1, -0.05) is 29.3 Å². The molecule has 0 bridgehead atoms. The second kappa shape index (κ2) is 4.08. The van der Waals surface area contributed by atoms with Crippen LogP contribution >= 0.6 is 11.7 Å². The third-order valence-electron chi connectivity index (χ3n) is 2.22. The number of benzene rings is 1. The molecule has 3 nitrogen and oxygen atoms in total. The van der Waals surface area contributed by atoms with Crippen molar-refractivity contribution in [3.8, 4) is 0 Å². The molecule has 1 atom stereocenters. The number of nitrogens with zero attached hydrogens (tertiary/aromatic N) is 2. The van der Waals surface area contributed by atoms with Gasteiger partial charge in [0.1, 0.15) is 11.8 Å². The number of hydrogen-bond donors (Lipinski definition) is 1. The van der Waals surface area contributed by atoms with Gasteiger partial charge < -0.3 is 5.11 Å². The van der Waals surface area contributed by atoms with Crippen molar-refractivity contribution in [2.45, 2.75) is 20.0 Å². The molecule has 0 saturated carbocycles. The highest BCUT2D eigenvalue weighted by Gasteiger charge is 2.13. The highest BCUT2D eigenvalue weighted by atomic mass is 32.1. The number of hydrogen-bond acceptors (Lipinski definition) is 4. The van der Waals surface area contributed by atoms with Crippen LogP contribution in [0.1, 0.15) is 28.5 Å². The minimum atomic E-state index is -0.664.